The lowest BCUT2D eigenvalue weighted by molar-refractivity contribution is 0.547. The first-order valence-corrected chi connectivity index (χ1v) is 5.31. The Labute approximate surface area is 78.6 Å². The summed E-state index contributed by atoms with van der Waals surface area (Å²) < 4.78 is 61.0. The molecule has 0 spiro atoms. The number of benzene rings is 1. The minimum Gasteiger partial charge on any atom is -0.278 e. The van der Waals surface area contributed by atoms with Gasteiger partial charge in [0.05, 0.1) is 6.26 Å². The Balaban J connectivity index is 3.22. The van der Waals surface area contributed by atoms with Gasteiger partial charge in [0.15, 0.2) is 11.6 Å². The SMILES string of the molecule is CS(=O)(=O)Nc1c(F)cc(F)cc1F. The zero-order chi connectivity index (χ0) is 10.9. The molecule has 1 N–H and O–H groups in total. The van der Waals surface area contributed by atoms with Crippen LogP contribution in [0.2, 0.25) is 0 Å². The molecule has 0 heterocycles. The molecule has 0 aromatic heterocycles. The molecule has 1 rings (SSSR count). The van der Waals surface area contributed by atoms with Crippen molar-refractivity contribution in [3.63, 3.8) is 0 Å². The van der Waals surface area contributed by atoms with Gasteiger partial charge in [-0.05, 0) is 0 Å². The average molecular weight is 225 g/mol. The van der Waals surface area contributed by atoms with Crippen molar-refractivity contribution in [1.29, 1.82) is 0 Å². The lowest BCUT2D eigenvalue weighted by Crippen LogP contribution is -2.12. The summed E-state index contributed by atoms with van der Waals surface area (Å²) in [5.41, 5.74) is -0.881. The summed E-state index contributed by atoms with van der Waals surface area (Å²) >= 11 is 0. The third kappa shape index (κ3) is 2.63. The zero-order valence-corrected chi connectivity index (χ0v) is 7.83. The molecule has 0 atom stereocenters. The van der Waals surface area contributed by atoms with Gasteiger partial charge in [0.2, 0.25) is 10.0 Å². The molecule has 14 heavy (non-hydrogen) atoms. The van der Waals surface area contributed by atoms with Crippen LogP contribution in [-0.4, -0.2) is 14.7 Å². The molecule has 0 fully saturated rings. The summed E-state index contributed by atoms with van der Waals surface area (Å²) in [6, 6.07) is 0.771. The molecule has 1 aromatic rings. The number of halogens is 3. The normalized spacial score (nSPS) is 11.4. The first kappa shape index (κ1) is 10.8. The van der Waals surface area contributed by atoms with Gasteiger partial charge in [0, 0.05) is 12.1 Å². The molecule has 3 nitrogen and oxygen atoms in total. The Morgan fingerprint density at radius 1 is 1.14 bits per heavy atom. The van der Waals surface area contributed by atoms with Gasteiger partial charge in [-0.25, -0.2) is 21.6 Å². The molecular weight excluding hydrogens is 219 g/mol. The van der Waals surface area contributed by atoms with Gasteiger partial charge in [-0.15, -0.1) is 0 Å². The third-order valence-electron chi connectivity index (χ3n) is 1.29. The lowest BCUT2D eigenvalue weighted by atomic mass is 10.3. The number of hydrogen-bond acceptors (Lipinski definition) is 2. The maximum absolute atomic E-state index is 12.8. The standard InChI is InChI=1S/C7H6F3NO2S/c1-14(12,13)11-7-5(9)2-4(8)3-6(7)10/h2-3,11H,1H3. The minimum absolute atomic E-state index is 0.386. The second kappa shape index (κ2) is 3.49. The van der Waals surface area contributed by atoms with E-state index in [9.17, 15) is 21.6 Å². The fourth-order valence-electron chi connectivity index (χ4n) is 0.825. The average Bonchev–Trinajstić information content (AvgIpc) is 1.95. The molecule has 0 unspecified atom stereocenters. The van der Waals surface area contributed by atoms with Crippen molar-refractivity contribution in [3.05, 3.63) is 29.6 Å². The lowest BCUT2D eigenvalue weighted by Gasteiger charge is -2.06. The molecule has 0 amide bonds. The van der Waals surface area contributed by atoms with Crippen LogP contribution in [0, 0.1) is 17.5 Å². The third-order valence-corrected chi connectivity index (χ3v) is 1.87. The maximum atomic E-state index is 12.8. The van der Waals surface area contributed by atoms with Crippen molar-refractivity contribution in [3.8, 4) is 0 Å². The Bertz CT molecular complexity index is 435. The van der Waals surface area contributed by atoms with Gasteiger partial charge in [0.1, 0.15) is 11.5 Å². The number of hydrogen-bond donors (Lipinski definition) is 1. The monoisotopic (exact) mass is 225 g/mol. The van der Waals surface area contributed by atoms with E-state index in [0.29, 0.717) is 12.1 Å². The van der Waals surface area contributed by atoms with E-state index in [4.69, 9.17) is 0 Å². The summed E-state index contributed by atoms with van der Waals surface area (Å²) in [5.74, 6) is -3.71. The Hall–Kier alpha value is -1.24. The van der Waals surface area contributed by atoms with E-state index in [1.54, 1.807) is 4.72 Å². The summed E-state index contributed by atoms with van der Waals surface area (Å²) in [4.78, 5) is 0. The molecule has 0 aliphatic heterocycles. The smallest absolute Gasteiger partial charge is 0.230 e. The van der Waals surface area contributed by atoms with E-state index in [2.05, 4.69) is 0 Å². The molecule has 1 aromatic carbocycles. The molecule has 0 aliphatic carbocycles. The molecule has 78 valence electrons. The highest BCUT2D eigenvalue weighted by molar-refractivity contribution is 7.92. The predicted octanol–water partition coefficient (Wildman–Crippen LogP) is 1.48. The molecule has 0 saturated heterocycles. The van der Waals surface area contributed by atoms with Crippen LogP contribution in [0.15, 0.2) is 12.1 Å². The summed E-state index contributed by atoms with van der Waals surface area (Å²) in [6.45, 7) is 0. The van der Waals surface area contributed by atoms with E-state index in [1.165, 1.54) is 0 Å². The van der Waals surface area contributed by atoms with Crippen LogP contribution in [0.4, 0.5) is 18.9 Å². The van der Waals surface area contributed by atoms with E-state index in [-0.39, 0.29) is 0 Å². The fraction of sp³-hybridized carbons (Fsp3) is 0.143. The van der Waals surface area contributed by atoms with Crippen molar-refractivity contribution in [2.24, 2.45) is 0 Å². The molecule has 0 aliphatic rings. The van der Waals surface area contributed by atoms with Crippen LogP contribution in [0.25, 0.3) is 0 Å². The van der Waals surface area contributed by atoms with Crippen molar-refractivity contribution < 1.29 is 21.6 Å². The van der Waals surface area contributed by atoms with Crippen LogP contribution in [0.1, 0.15) is 0 Å². The van der Waals surface area contributed by atoms with E-state index in [0.717, 1.165) is 6.26 Å². The second-order valence-corrected chi connectivity index (χ2v) is 4.37. The fourth-order valence-corrected chi connectivity index (χ4v) is 1.39. The molecular formula is C7H6F3NO2S. The van der Waals surface area contributed by atoms with Crippen molar-refractivity contribution in [2.75, 3.05) is 11.0 Å². The largest absolute Gasteiger partial charge is 0.278 e. The highest BCUT2D eigenvalue weighted by atomic mass is 32.2. The summed E-state index contributed by atoms with van der Waals surface area (Å²) in [6.07, 6.45) is 0.731. The number of rotatable bonds is 2. The Morgan fingerprint density at radius 3 is 1.93 bits per heavy atom. The van der Waals surface area contributed by atoms with E-state index < -0.39 is 33.2 Å². The molecule has 0 bridgehead atoms. The summed E-state index contributed by atoms with van der Waals surface area (Å²) in [7, 11) is -3.79. The van der Waals surface area contributed by atoms with Crippen molar-refractivity contribution >= 4 is 15.7 Å². The van der Waals surface area contributed by atoms with Crippen LogP contribution in [-0.2, 0) is 10.0 Å². The Kier molecular flexibility index (Phi) is 2.70. The van der Waals surface area contributed by atoms with E-state index >= 15 is 0 Å². The highest BCUT2D eigenvalue weighted by Crippen LogP contribution is 2.20. The molecule has 7 heteroatoms. The molecule has 0 radical (unpaired) electrons. The van der Waals surface area contributed by atoms with Crippen LogP contribution >= 0.6 is 0 Å². The predicted molar refractivity (Wildman–Crippen MR) is 44.8 cm³/mol. The van der Waals surface area contributed by atoms with Crippen LogP contribution in [0.5, 0.6) is 0 Å². The maximum Gasteiger partial charge on any atom is 0.230 e. The molecule has 0 saturated carbocycles. The van der Waals surface area contributed by atoms with Crippen LogP contribution < -0.4 is 4.72 Å². The quantitative estimate of drug-likeness (QED) is 0.828. The topological polar surface area (TPSA) is 46.2 Å². The minimum atomic E-state index is -3.79. The van der Waals surface area contributed by atoms with Gasteiger partial charge in [-0.3, -0.25) is 4.72 Å². The second-order valence-electron chi connectivity index (χ2n) is 2.62. The van der Waals surface area contributed by atoms with Gasteiger partial charge in [-0.2, -0.15) is 0 Å². The van der Waals surface area contributed by atoms with Gasteiger partial charge < -0.3 is 0 Å². The number of nitrogens with one attached hydrogen (secondary N) is 1. The summed E-state index contributed by atoms with van der Waals surface area (Å²) in [5, 5.41) is 0. The van der Waals surface area contributed by atoms with Crippen molar-refractivity contribution in [2.45, 2.75) is 0 Å². The van der Waals surface area contributed by atoms with E-state index in [1.807, 2.05) is 0 Å². The van der Waals surface area contributed by atoms with Gasteiger partial charge >= 0.3 is 0 Å². The number of anilines is 1. The highest BCUT2D eigenvalue weighted by Gasteiger charge is 2.14. The van der Waals surface area contributed by atoms with Gasteiger partial charge in [0.25, 0.3) is 0 Å². The van der Waals surface area contributed by atoms with Gasteiger partial charge in [-0.1, -0.05) is 0 Å². The zero-order valence-electron chi connectivity index (χ0n) is 7.01. The first-order valence-electron chi connectivity index (χ1n) is 3.42. The first-order chi connectivity index (χ1) is 6.29. The van der Waals surface area contributed by atoms with Crippen LogP contribution in [0.3, 0.4) is 0 Å². The van der Waals surface area contributed by atoms with Crippen molar-refractivity contribution in [1.82, 2.24) is 0 Å². The Morgan fingerprint density at radius 2 is 1.57 bits per heavy atom. The number of sulfonamides is 1.